The Morgan fingerprint density at radius 3 is 2.65 bits per heavy atom. The summed E-state index contributed by atoms with van der Waals surface area (Å²) in [6.07, 6.45) is 0.985. The van der Waals surface area contributed by atoms with Crippen molar-refractivity contribution in [3.05, 3.63) is 71.5 Å². The van der Waals surface area contributed by atoms with E-state index in [1.54, 1.807) is 12.1 Å². The van der Waals surface area contributed by atoms with Gasteiger partial charge >= 0.3 is 0 Å². The number of rotatable bonds is 8. The molecular formula is C26H29FN4O2S. The molecule has 1 unspecified atom stereocenters. The van der Waals surface area contributed by atoms with Crippen LogP contribution in [0.2, 0.25) is 0 Å². The number of aromatic nitrogens is 2. The first-order valence-corrected chi connectivity index (χ1v) is 11.9. The van der Waals surface area contributed by atoms with E-state index in [1.807, 2.05) is 38.1 Å². The Bertz CT molecular complexity index is 1190. The lowest BCUT2D eigenvalue weighted by atomic mass is 9.94. The van der Waals surface area contributed by atoms with Crippen molar-refractivity contribution in [2.75, 3.05) is 13.2 Å². The molecule has 0 saturated heterocycles. The Balaban J connectivity index is 1.76. The Morgan fingerprint density at radius 2 is 1.97 bits per heavy atom. The molecule has 0 amide bonds. The quantitative estimate of drug-likeness (QED) is 0.398. The van der Waals surface area contributed by atoms with Crippen LogP contribution in [0.1, 0.15) is 51.6 Å². The molecule has 3 aromatic rings. The molecule has 6 nitrogen and oxygen atoms in total. The smallest absolute Gasteiger partial charge is 0.258 e. The van der Waals surface area contributed by atoms with Gasteiger partial charge in [-0.1, -0.05) is 43.3 Å². The summed E-state index contributed by atoms with van der Waals surface area (Å²) < 4.78 is 25.1. The summed E-state index contributed by atoms with van der Waals surface area (Å²) in [7, 11) is 0. The van der Waals surface area contributed by atoms with Crippen molar-refractivity contribution < 1.29 is 13.7 Å². The number of ether oxygens (including phenoxy) is 1. The number of thiocarbonyl (C=S) groups is 1. The van der Waals surface area contributed by atoms with Gasteiger partial charge in [0.2, 0.25) is 5.82 Å². The summed E-state index contributed by atoms with van der Waals surface area (Å²) in [4.78, 5) is 6.72. The fourth-order valence-electron chi connectivity index (χ4n) is 3.97. The van der Waals surface area contributed by atoms with Crippen LogP contribution in [-0.4, -0.2) is 33.3 Å². The fourth-order valence-corrected chi connectivity index (χ4v) is 4.31. The minimum Gasteiger partial charge on any atom is -0.494 e. The minimum absolute atomic E-state index is 0.278. The van der Waals surface area contributed by atoms with Crippen LogP contribution in [0.3, 0.4) is 0 Å². The maximum Gasteiger partial charge on any atom is 0.258 e. The second-order valence-corrected chi connectivity index (χ2v) is 9.04. The van der Waals surface area contributed by atoms with E-state index in [1.165, 1.54) is 12.1 Å². The Labute approximate surface area is 204 Å². The molecule has 2 heterocycles. The molecule has 1 aliphatic heterocycles. The second-order valence-electron chi connectivity index (χ2n) is 8.65. The zero-order chi connectivity index (χ0) is 24.2. The molecular weight excluding hydrogens is 451 g/mol. The van der Waals surface area contributed by atoms with Crippen LogP contribution in [0, 0.1) is 11.7 Å². The van der Waals surface area contributed by atoms with Crippen molar-refractivity contribution in [1.29, 1.82) is 0 Å². The Hall–Kier alpha value is -3.26. The summed E-state index contributed by atoms with van der Waals surface area (Å²) in [5.41, 5.74) is 3.35. The molecule has 2 aromatic carbocycles. The van der Waals surface area contributed by atoms with Crippen molar-refractivity contribution in [3.63, 3.8) is 0 Å². The Morgan fingerprint density at radius 1 is 1.21 bits per heavy atom. The lowest BCUT2D eigenvalue weighted by molar-refractivity contribution is 0.340. The third-order valence-electron chi connectivity index (χ3n) is 5.79. The number of halogens is 1. The third kappa shape index (κ3) is 5.12. The summed E-state index contributed by atoms with van der Waals surface area (Å²) in [6, 6.07) is 13.8. The van der Waals surface area contributed by atoms with E-state index in [0.717, 1.165) is 35.5 Å². The van der Waals surface area contributed by atoms with Gasteiger partial charge in [-0.3, -0.25) is 0 Å². The molecule has 1 aromatic heterocycles. The number of hydrogen-bond donors (Lipinski definition) is 1. The zero-order valence-corrected chi connectivity index (χ0v) is 20.7. The number of benzene rings is 2. The van der Waals surface area contributed by atoms with Crippen LogP contribution in [-0.2, 0) is 0 Å². The van der Waals surface area contributed by atoms with E-state index in [9.17, 15) is 4.39 Å². The van der Waals surface area contributed by atoms with E-state index >= 15 is 0 Å². The average molecular weight is 481 g/mol. The summed E-state index contributed by atoms with van der Waals surface area (Å²) in [5.74, 6) is 1.70. The summed E-state index contributed by atoms with van der Waals surface area (Å²) in [5, 5.41) is 8.26. The lowest BCUT2D eigenvalue weighted by Gasteiger charge is -2.37. The van der Waals surface area contributed by atoms with Crippen molar-refractivity contribution in [1.82, 2.24) is 20.4 Å². The van der Waals surface area contributed by atoms with Gasteiger partial charge in [-0.05, 0) is 68.2 Å². The van der Waals surface area contributed by atoms with Gasteiger partial charge in [0.25, 0.3) is 5.89 Å². The first kappa shape index (κ1) is 23.9. The predicted octanol–water partition coefficient (Wildman–Crippen LogP) is 5.98. The molecule has 0 fully saturated rings. The average Bonchev–Trinajstić information content (AvgIpc) is 3.29. The molecule has 1 N–H and O–H groups in total. The van der Waals surface area contributed by atoms with Gasteiger partial charge < -0.3 is 19.5 Å². The molecule has 1 atom stereocenters. The van der Waals surface area contributed by atoms with Gasteiger partial charge in [0, 0.05) is 17.8 Å². The van der Waals surface area contributed by atoms with Crippen molar-refractivity contribution in [3.8, 4) is 17.1 Å². The lowest BCUT2D eigenvalue weighted by Crippen LogP contribution is -2.46. The monoisotopic (exact) mass is 480 g/mol. The maximum absolute atomic E-state index is 13.8. The fraction of sp³-hybridized carbons (Fsp3) is 0.346. The van der Waals surface area contributed by atoms with Crippen LogP contribution in [0.25, 0.3) is 17.0 Å². The van der Waals surface area contributed by atoms with Crippen LogP contribution >= 0.6 is 12.2 Å². The first-order valence-electron chi connectivity index (χ1n) is 11.5. The van der Waals surface area contributed by atoms with Gasteiger partial charge in [0.05, 0.1) is 18.2 Å². The Kier molecular flexibility index (Phi) is 7.26. The molecule has 0 saturated carbocycles. The highest BCUT2D eigenvalue weighted by Gasteiger charge is 2.34. The second kappa shape index (κ2) is 10.3. The number of hydrogen-bond acceptors (Lipinski definition) is 5. The number of allylic oxidation sites excluding steroid dienone is 1. The van der Waals surface area contributed by atoms with Crippen molar-refractivity contribution in [2.45, 2.75) is 40.2 Å². The van der Waals surface area contributed by atoms with E-state index in [-0.39, 0.29) is 11.9 Å². The maximum atomic E-state index is 13.8. The highest BCUT2D eigenvalue weighted by Crippen LogP contribution is 2.38. The molecule has 0 aliphatic carbocycles. The molecule has 34 heavy (non-hydrogen) atoms. The van der Waals surface area contributed by atoms with E-state index < -0.39 is 0 Å². The standard InChI is InChI=1S/C26H29FN4O2S/c1-5-32-21-11-9-18(10-12-21)23-22(17(4)31(26(34)28-23)14-13-16(2)3)25-29-24(30-33-25)19-7-6-8-20(27)15-19/h6-12,15-16,23H,5,13-14H2,1-4H3,(H,28,34). The highest BCUT2D eigenvalue weighted by atomic mass is 32.1. The normalized spacial score (nSPS) is 16.2. The van der Waals surface area contributed by atoms with Crippen molar-refractivity contribution in [2.24, 2.45) is 5.92 Å². The topological polar surface area (TPSA) is 63.4 Å². The molecule has 0 bridgehead atoms. The van der Waals surface area contributed by atoms with Gasteiger partial charge in [-0.25, -0.2) is 4.39 Å². The van der Waals surface area contributed by atoms with E-state index in [4.69, 9.17) is 21.5 Å². The van der Waals surface area contributed by atoms with Crippen LogP contribution in [0.4, 0.5) is 4.39 Å². The first-order chi connectivity index (χ1) is 16.4. The molecule has 178 valence electrons. The number of nitrogens with zero attached hydrogens (tertiary/aromatic N) is 3. The largest absolute Gasteiger partial charge is 0.494 e. The van der Waals surface area contributed by atoms with Crippen LogP contribution in [0.5, 0.6) is 5.75 Å². The molecule has 0 spiro atoms. The predicted molar refractivity (Wildman–Crippen MR) is 135 cm³/mol. The minimum atomic E-state index is -0.351. The van der Waals surface area contributed by atoms with Gasteiger partial charge in [-0.15, -0.1) is 0 Å². The SMILES string of the molecule is CCOc1ccc(C2NC(=S)N(CCC(C)C)C(C)=C2c2nc(-c3cccc(F)c3)no2)cc1. The molecule has 1 aliphatic rings. The van der Waals surface area contributed by atoms with Gasteiger partial charge in [0.1, 0.15) is 11.6 Å². The third-order valence-corrected chi connectivity index (χ3v) is 6.13. The highest BCUT2D eigenvalue weighted by molar-refractivity contribution is 7.80. The van der Waals surface area contributed by atoms with Crippen LogP contribution < -0.4 is 10.1 Å². The van der Waals surface area contributed by atoms with Gasteiger partial charge in [-0.2, -0.15) is 4.98 Å². The van der Waals surface area contributed by atoms with E-state index in [0.29, 0.717) is 34.9 Å². The zero-order valence-electron chi connectivity index (χ0n) is 19.8. The molecule has 0 radical (unpaired) electrons. The van der Waals surface area contributed by atoms with Gasteiger partial charge in [0.15, 0.2) is 5.11 Å². The molecule has 4 rings (SSSR count). The number of nitrogens with one attached hydrogen (secondary N) is 1. The van der Waals surface area contributed by atoms with Crippen LogP contribution in [0.15, 0.2) is 58.8 Å². The summed E-state index contributed by atoms with van der Waals surface area (Å²) >= 11 is 5.75. The summed E-state index contributed by atoms with van der Waals surface area (Å²) in [6.45, 7) is 9.73. The van der Waals surface area contributed by atoms with E-state index in [2.05, 4.69) is 34.2 Å². The molecule has 8 heteroatoms. The van der Waals surface area contributed by atoms with Crippen molar-refractivity contribution >= 4 is 22.9 Å².